The van der Waals surface area contributed by atoms with Crippen LogP contribution >= 0.6 is 0 Å². The van der Waals surface area contributed by atoms with E-state index in [9.17, 15) is 19.2 Å². The topological polar surface area (TPSA) is 535 Å². The predicted molar refractivity (Wildman–Crippen MR) is 489 cm³/mol. The summed E-state index contributed by atoms with van der Waals surface area (Å²) in [4.78, 5) is 48.5. The van der Waals surface area contributed by atoms with E-state index in [-0.39, 0.29) is 68.4 Å². The van der Waals surface area contributed by atoms with Gasteiger partial charge in [-0.2, -0.15) is 0 Å². The van der Waals surface area contributed by atoms with E-state index in [1.807, 2.05) is 6.92 Å². The van der Waals surface area contributed by atoms with Crippen LogP contribution in [0.15, 0.2) is 19.2 Å². The van der Waals surface area contributed by atoms with E-state index >= 15 is 0 Å². The highest BCUT2D eigenvalue weighted by atomic mass is 16.8. The van der Waals surface area contributed by atoms with E-state index in [0.717, 1.165) is 0 Å². The van der Waals surface area contributed by atoms with Crippen molar-refractivity contribution in [2.75, 3.05) is 249 Å². The summed E-state index contributed by atoms with van der Waals surface area (Å²) in [6.07, 6.45) is -33.5. The van der Waals surface area contributed by atoms with Crippen molar-refractivity contribution in [3.05, 3.63) is 46.5 Å². The molecule has 2 aromatic rings. The summed E-state index contributed by atoms with van der Waals surface area (Å²) >= 11 is 0. The number of aliphatic hydroxyl groups excluding tert-OH is 1. The maximum absolute atomic E-state index is 13.7. The molecule has 0 radical (unpaired) electrons. The Morgan fingerprint density at radius 3 is 0.627 bits per heavy atom. The molecule has 51 nitrogen and oxygen atoms in total. The third-order valence-corrected chi connectivity index (χ3v) is 27.2. The molecule has 11 rings (SSSR count). The lowest BCUT2D eigenvalue weighted by Crippen LogP contribution is -2.68. The van der Waals surface area contributed by atoms with Crippen LogP contribution in [0.4, 0.5) is 11.4 Å². The van der Waals surface area contributed by atoms with Crippen LogP contribution < -0.4 is 42.8 Å². The number of anilines is 2. The van der Waals surface area contributed by atoms with E-state index in [0.29, 0.717) is 0 Å². The van der Waals surface area contributed by atoms with Crippen LogP contribution in [-0.4, -0.2) is 520 Å². The Kier molecular flexibility index (Phi) is 50.4. The largest absolute Gasteiger partial charge is 0.492 e. The van der Waals surface area contributed by atoms with Crippen LogP contribution in [0.25, 0.3) is 0 Å². The number of hydrogen-bond donors (Lipinski definition) is 4. The van der Waals surface area contributed by atoms with E-state index in [1.165, 1.54) is 135 Å². The number of ether oxygens (including phenoxy) is 43. The van der Waals surface area contributed by atoms with Gasteiger partial charge in [-0.15, -0.1) is 0 Å². The van der Waals surface area contributed by atoms with Crippen molar-refractivity contribution < 1.29 is 209 Å². The molecule has 9 aliphatic rings. The minimum atomic E-state index is -1.14. The van der Waals surface area contributed by atoms with Gasteiger partial charge in [0.05, 0.1) is 95.4 Å². The van der Waals surface area contributed by atoms with Gasteiger partial charge in [-0.05, 0) is 20.8 Å². The molecule has 142 heavy (non-hydrogen) atoms. The molecule has 51 heteroatoms. The highest BCUT2D eigenvalue weighted by Gasteiger charge is 2.62. The molecule has 2 aromatic carbocycles. The van der Waals surface area contributed by atoms with Crippen molar-refractivity contribution in [2.24, 2.45) is 5.73 Å². The number of rotatable bonds is 51. The van der Waals surface area contributed by atoms with Crippen molar-refractivity contribution in [3.63, 3.8) is 0 Å². The number of hydrogen-bond acceptors (Lipinski definition) is 51. The van der Waals surface area contributed by atoms with Gasteiger partial charge in [0.2, 0.25) is 5.43 Å². The second kappa shape index (κ2) is 59.0. The monoisotopic (exact) mass is 2060 g/mol. The molecule has 44 unspecified atom stereocenters. The zero-order valence-electron chi connectivity index (χ0n) is 87.1. The Morgan fingerprint density at radius 1 is 0.232 bits per heavy atom. The van der Waals surface area contributed by atoms with E-state index in [4.69, 9.17) is 210 Å². The molecule has 0 aliphatic carbocycles. The first-order valence-corrected chi connectivity index (χ1v) is 46.5. The van der Waals surface area contributed by atoms with Crippen LogP contribution in [0, 0.1) is 0 Å². The van der Waals surface area contributed by atoms with Crippen LogP contribution in [0.5, 0.6) is 5.75 Å². The first-order chi connectivity index (χ1) is 68.5. The average molecular weight is 2060 g/mol. The second-order valence-electron chi connectivity index (χ2n) is 34.7. The smallest absolute Gasteiger partial charge is 0.268 e. The molecule has 0 aromatic heterocycles. The minimum Gasteiger partial charge on any atom is -0.492 e. The van der Waals surface area contributed by atoms with Gasteiger partial charge in [-0.1, -0.05) is 0 Å². The Hall–Kier alpha value is -4.20. The van der Waals surface area contributed by atoms with Gasteiger partial charge in [0.15, 0.2) is 62.4 Å². The molecule has 0 saturated carbocycles. The molecular weight excluding hydrogens is 1900 g/mol. The molecule has 0 amide bonds. The fraction of sp³-hybridized carbons (Fsp3) is 0.912. The zero-order valence-corrected chi connectivity index (χ0v) is 87.1. The van der Waals surface area contributed by atoms with Gasteiger partial charge in [0, 0.05) is 192 Å². The van der Waals surface area contributed by atoms with Crippen molar-refractivity contribution in [3.8, 4) is 5.75 Å². The third kappa shape index (κ3) is 26.7. The summed E-state index contributed by atoms with van der Waals surface area (Å²) in [6, 6.07) is -2.04. The van der Waals surface area contributed by atoms with Crippen LogP contribution in [0.3, 0.4) is 0 Å². The van der Waals surface area contributed by atoms with Gasteiger partial charge in [-0.25, -0.2) is 0 Å². The summed E-state index contributed by atoms with van der Waals surface area (Å²) in [5.74, 6) is -0.00694. The quantitative estimate of drug-likeness (QED) is 0.0477. The van der Waals surface area contributed by atoms with Crippen molar-refractivity contribution in [2.45, 2.75) is 304 Å². The van der Waals surface area contributed by atoms with Crippen LogP contribution in [-0.2, 0) is 206 Å². The van der Waals surface area contributed by atoms with Gasteiger partial charge in [0.25, 0.3) is 16.3 Å². The highest BCUT2D eigenvalue weighted by molar-refractivity contribution is 5.75. The van der Waals surface area contributed by atoms with Gasteiger partial charge >= 0.3 is 0 Å². The molecule has 9 fully saturated rings. The first kappa shape index (κ1) is 121. The van der Waals surface area contributed by atoms with Gasteiger partial charge in [-0.3, -0.25) is 19.2 Å². The molecule has 0 bridgehead atoms. The maximum atomic E-state index is 13.7. The predicted octanol–water partition coefficient (Wildman–Crippen LogP) is -3.08. The normalized spacial score (nSPS) is 41.1. The summed E-state index contributed by atoms with van der Waals surface area (Å²) in [5, 5.41) is 15.0. The fourth-order valence-corrected chi connectivity index (χ4v) is 20.1. The van der Waals surface area contributed by atoms with E-state index in [1.54, 1.807) is 77.8 Å². The molecule has 9 saturated heterocycles. The summed E-state index contributed by atoms with van der Waals surface area (Å²) in [5.41, 5.74) is 3.48. The number of nitrogens with one attached hydrogen (secondary N) is 2. The van der Waals surface area contributed by atoms with Crippen LogP contribution in [0.1, 0.15) is 26.3 Å². The molecule has 9 heterocycles. The number of aliphatic hydroxyl groups is 1. The summed E-state index contributed by atoms with van der Waals surface area (Å²) < 4.78 is 260. The Bertz CT molecular complexity index is 3850. The lowest BCUT2D eigenvalue weighted by Gasteiger charge is -2.51. The van der Waals surface area contributed by atoms with Gasteiger partial charge in [0.1, 0.15) is 194 Å². The first-order valence-electron chi connectivity index (χ1n) is 46.5. The zero-order chi connectivity index (χ0) is 104. The Labute approximate surface area is 827 Å². The molecule has 824 valence electrons. The Balaban J connectivity index is 0.000000354. The summed E-state index contributed by atoms with van der Waals surface area (Å²) in [6.45, 7) is 5.57. The highest BCUT2D eigenvalue weighted by Crippen LogP contribution is 2.43. The lowest BCUT2D eigenvalue weighted by atomic mass is 9.93. The molecule has 5 N–H and O–H groups in total. The minimum absolute atomic E-state index is 0.00694. The van der Waals surface area contributed by atoms with Crippen molar-refractivity contribution >= 4 is 11.4 Å². The third-order valence-electron chi connectivity index (χ3n) is 27.2. The lowest BCUT2D eigenvalue weighted by molar-refractivity contribution is -0.381. The molecule has 9 aliphatic heterocycles. The average Bonchev–Trinajstić information content (AvgIpc) is 0.490. The molecule has 0 spiro atoms. The number of nitrogens with two attached hydrogens (primary N) is 1. The number of methoxy groups -OCH3 is 28. The van der Waals surface area contributed by atoms with E-state index in [2.05, 4.69) is 15.4 Å². The van der Waals surface area contributed by atoms with E-state index < -0.39 is 298 Å². The van der Waals surface area contributed by atoms with Gasteiger partial charge < -0.3 is 225 Å². The standard InChI is InChI=1S/C58H100N2O30.C27H51NO14.C6H6O4/c1-25-31(41(67-7)47(73-13)55(81-25)87-39-29(23-65-5)85-57(51(77-17)45(39)71-11)89-37-27(21-63-3)83-53(79-19)49(75-15)43(37)69-9)59-33-34(36(62)35(33)61)60-32-26(2)82-56(48(74-14)42(32)68-8)88-40-30(24-66-6)86-58(52(78-18)46(40)72-12)90-38-28(22-64-4)84-54(80-20)50(76-16)44(38)70-10;1-13-16(28)19(31-4)22(34-7)26(38-13)41-18-15(12-30-3)40-27(24(36-9)21(18)33-6)42-17-14(11-29-2)39-25(37-10)23(35-8)20(17)32-5;1-10-6-3(2-7)4(8)5(6)9/h25-32,37-60H,21-24H2,1-20H3;13-27H,11-12,28H2,1-10H3;7H,2H2,1H3/t25?,26?,27?,28?,29?,30?,31?,32?,37?,38?,39?,40?,41?,42?,43-,44?,45?,46?,47?,48?,49?,50?,51?,52?,53?,54?,55?,56?,57?,58?;;/m1../s1. The maximum Gasteiger partial charge on any atom is 0.268 e. The molecule has 45 atom stereocenters. The fourth-order valence-electron chi connectivity index (χ4n) is 20.1. The Morgan fingerprint density at radius 2 is 0.430 bits per heavy atom. The van der Waals surface area contributed by atoms with Crippen LogP contribution in [0.2, 0.25) is 0 Å². The van der Waals surface area contributed by atoms with Crippen molar-refractivity contribution in [1.29, 1.82) is 0 Å². The van der Waals surface area contributed by atoms with Crippen molar-refractivity contribution in [1.82, 2.24) is 0 Å². The summed E-state index contributed by atoms with van der Waals surface area (Å²) in [7, 11) is 42.5. The SMILES string of the molecule is COCC1OC(OC2C(COC)OC(OC)C(OC)C2OC)C(OC)C(OC)C1OC1OC(C)C(N)C(OC)C1OC.COCC1OC(OC2C(COC)OC(OC)C(OC)C2OC)C(OC)C(OC)C1OC1OC(C)C(Nc2c(NC3C(C)OC(OC4C(COC)OC(OC5C(COC)OC(OC)C(OC)[C@@H]5OC)C(OC)C4OC)C(OC)C3OC)c(=O)c2=O)C(OC)C1OC.COc1c(CO)c(=O)c1=O. The molecular formula is C91H157N3O48. The second-order valence-corrected chi connectivity index (χ2v) is 34.7.